The number of Topliss-reactive ketones (excluding diaryl/α,β-unsaturated/α-hetero) is 1. The summed E-state index contributed by atoms with van der Waals surface area (Å²) in [7, 11) is 0. The van der Waals surface area contributed by atoms with Crippen molar-refractivity contribution >= 4 is 34.2 Å². The van der Waals surface area contributed by atoms with Gasteiger partial charge in [-0.05, 0) is 31.5 Å². The van der Waals surface area contributed by atoms with E-state index in [0.29, 0.717) is 17.4 Å². The Labute approximate surface area is 143 Å². The van der Waals surface area contributed by atoms with Gasteiger partial charge in [-0.15, -0.1) is 0 Å². The Hall–Kier alpha value is -2.35. The van der Waals surface area contributed by atoms with Crippen LogP contribution in [0.15, 0.2) is 18.2 Å². The van der Waals surface area contributed by atoms with Gasteiger partial charge in [0.05, 0.1) is 5.69 Å². The highest BCUT2D eigenvalue weighted by molar-refractivity contribution is 7.09. The Morgan fingerprint density at radius 2 is 2.04 bits per heavy atom. The summed E-state index contributed by atoms with van der Waals surface area (Å²) in [6.07, 6.45) is 2.98. The van der Waals surface area contributed by atoms with Crippen molar-refractivity contribution in [1.29, 1.82) is 0 Å². The van der Waals surface area contributed by atoms with Gasteiger partial charge in [0, 0.05) is 23.5 Å². The summed E-state index contributed by atoms with van der Waals surface area (Å²) >= 11 is 1.05. The minimum atomic E-state index is -0.555. The third-order valence-electron chi connectivity index (χ3n) is 3.29. The van der Waals surface area contributed by atoms with E-state index in [1.807, 2.05) is 6.92 Å². The molecule has 0 spiro atoms. The lowest BCUT2D eigenvalue weighted by Crippen LogP contribution is -2.21. The van der Waals surface area contributed by atoms with Gasteiger partial charge in [0.15, 0.2) is 5.78 Å². The maximum absolute atomic E-state index is 13.5. The molecule has 2 amide bonds. The molecule has 0 aliphatic rings. The molecule has 2 aromatic rings. The summed E-state index contributed by atoms with van der Waals surface area (Å²) in [4.78, 5) is 28.3. The SMILES string of the molecule is CCCCCC(=O)c1cc(F)ccc1NC(=O)Nc1nc(C)ns1. The number of carbonyl (C=O) groups is 2. The van der Waals surface area contributed by atoms with E-state index in [1.165, 1.54) is 12.1 Å². The van der Waals surface area contributed by atoms with Crippen LogP contribution in [0.3, 0.4) is 0 Å². The average Bonchev–Trinajstić information content (AvgIpc) is 2.94. The van der Waals surface area contributed by atoms with Crippen LogP contribution in [0.1, 0.15) is 48.8 Å². The Bertz CT molecular complexity index is 733. The highest BCUT2D eigenvalue weighted by Crippen LogP contribution is 2.21. The minimum absolute atomic E-state index is 0.176. The quantitative estimate of drug-likeness (QED) is 0.573. The number of carbonyl (C=O) groups excluding carboxylic acids is 2. The molecule has 128 valence electrons. The first-order valence-electron chi connectivity index (χ1n) is 7.70. The number of amides is 2. The highest BCUT2D eigenvalue weighted by atomic mass is 32.1. The lowest BCUT2D eigenvalue weighted by molar-refractivity contribution is 0.0979. The predicted molar refractivity (Wildman–Crippen MR) is 92.2 cm³/mol. The zero-order valence-electron chi connectivity index (χ0n) is 13.6. The second kappa shape index (κ2) is 8.49. The Kier molecular flexibility index (Phi) is 6.36. The maximum Gasteiger partial charge on any atom is 0.325 e. The summed E-state index contributed by atoms with van der Waals surface area (Å²) < 4.78 is 17.4. The van der Waals surface area contributed by atoms with Gasteiger partial charge >= 0.3 is 6.03 Å². The molecular formula is C16H19FN4O2S. The first-order chi connectivity index (χ1) is 11.5. The number of aromatic nitrogens is 2. The van der Waals surface area contributed by atoms with E-state index < -0.39 is 11.8 Å². The molecule has 2 N–H and O–H groups in total. The van der Waals surface area contributed by atoms with Crippen LogP contribution in [-0.2, 0) is 0 Å². The molecule has 0 aliphatic carbocycles. The number of hydrogen-bond acceptors (Lipinski definition) is 5. The van der Waals surface area contributed by atoms with Gasteiger partial charge in [-0.25, -0.2) is 14.2 Å². The molecule has 1 heterocycles. The summed E-state index contributed by atoms with van der Waals surface area (Å²) in [5.41, 5.74) is 0.450. The number of nitrogens with one attached hydrogen (secondary N) is 2. The molecule has 0 fully saturated rings. The lowest BCUT2D eigenvalue weighted by Gasteiger charge is -2.10. The zero-order chi connectivity index (χ0) is 17.5. The Morgan fingerprint density at radius 1 is 1.25 bits per heavy atom. The molecule has 0 saturated carbocycles. The van der Waals surface area contributed by atoms with E-state index in [9.17, 15) is 14.0 Å². The predicted octanol–water partition coefficient (Wildman–Crippen LogP) is 4.39. The molecule has 1 aromatic carbocycles. The van der Waals surface area contributed by atoms with Crippen LogP contribution >= 0.6 is 11.5 Å². The van der Waals surface area contributed by atoms with Crippen molar-refractivity contribution in [2.75, 3.05) is 10.6 Å². The van der Waals surface area contributed by atoms with E-state index in [1.54, 1.807) is 6.92 Å². The van der Waals surface area contributed by atoms with E-state index in [0.717, 1.165) is 36.9 Å². The van der Waals surface area contributed by atoms with E-state index in [2.05, 4.69) is 20.0 Å². The number of hydrogen-bond donors (Lipinski definition) is 2. The number of urea groups is 1. The molecule has 0 aliphatic heterocycles. The number of anilines is 2. The fraction of sp³-hybridized carbons (Fsp3) is 0.375. The Morgan fingerprint density at radius 3 is 2.71 bits per heavy atom. The second-order valence-corrected chi connectivity index (χ2v) is 6.05. The van der Waals surface area contributed by atoms with E-state index in [-0.39, 0.29) is 17.0 Å². The van der Waals surface area contributed by atoms with Gasteiger partial charge < -0.3 is 5.32 Å². The number of aryl methyl sites for hydroxylation is 1. The summed E-state index contributed by atoms with van der Waals surface area (Å²) in [6.45, 7) is 3.76. The van der Waals surface area contributed by atoms with Gasteiger partial charge in [-0.2, -0.15) is 4.37 Å². The molecule has 0 unspecified atom stereocenters. The van der Waals surface area contributed by atoms with E-state index >= 15 is 0 Å². The van der Waals surface area contributed by atoms with Crippen molar-refractivity contribution < 1.29 is 14.0 Å². The van der Waals surface area contributed by atoms with Crippen LogP contribution in [0.4, 0.5) is 20.0 Å². The molecule has 24 heavy (non-hydrogen) atoms. The van der Waals surface area contributed by atoms with Gasteiger partial charge in [0.2, 0.25) is 5.13 Å². The summed E-state index contributed by atoms with van der Waals surface area (Å²) in [6, 6.07) is 3.18. The molecule has 6 nitrogen and oxygen atoms in total. The number of ketones is 1. The average molecular weight is 350 g/mol. The van der Waals surface area contributed by atoms with Crippen LogP contribution in [0.5, 0.6) is 0 Å². The molecule has 1 aromatic heterocycles. The van der Waals surface area contributed by atoms with Crippen LogP contribution in [0.2, 0.25) is 0 Å². The Balaban J connectivity index is 2.08. The molecule has 2 rings (SSSR count). The number of halogens is 1. The van der Waals surface area contributed by atoms with Crippen molar-refractivity contribution in [2.24, 2.45) is 0 Å². The molecular weight excluding hydrogens is 331 g/mol. The largest absolute Gasteiger partial charge is 0.325 e. The van der Waals surface area contributed by atoms with Crippen molar-refractivity contribution in [1.82, 2.24) is 9.36 Å². The molecule has 0 atom stereocenters. The first kappa shape index (κ1) is 18.0. The number of rotatable bonds is 7. The lowest BCUT2D eigenvalue weighted by atomic mass is 10.0. The molecule has 0 bridgehead atoms. The van der Waals surface area contributed by atoms with Crippen molar-refractivity contribution in [3.8, 4) is 0 Å². The monoisotopic (exact) mass is 350 g/mol. The van der Waals surface area contributed by atoms with Crippen LogP contribution in [-0.4, -0.2) is 21.2 Å². The van der Waals surface area contributed by atoms with Gasteiger partial charge in [-0.3, -0.25) is 10.1 Å². The fourth-order valence-corrected chi connectivity index (χ4v) is 2.70. The van der Waals surface area contributed by atoms with Crippen molar-refractivity contribution in [3.63, 3.8) is 0 Å². The van der Waals surface area contributed by atoms with Gasteiger partial charge in [0.25, 0.3) is 0 Å². The number of unbranched alkanes of at least 4 members (excludes halogenated alkanes) is 2. The highest BCUT2D eigenvalue weighted by Gasteiger charge is 2.15. The topological polar surface area (TPSA) is 84.0 Å². The smallest absolute Gasteiger partial charge is 0.307 e. The van der Waals surface area contributed by atoms with Gasteiger partial charge in [-0.1, -0.05) is 19.8 Å². The molecule has 0 saturated heterocycles. The van der Waals surface area contributed by atoms with Crippen LogP contribution in [0, 0.1) is 12.7 Å². The third-order valence-corrected chi connectivity index (χ3v) is 4.01. The first-order valence-corrected chi connectivity index (χ1v) is 8.48. The van der Waals surface area contributed by atoms with Crippen molar-refractivity contribution in [2.45, 2.75) is 39.5 Å². The standard InChI is InChI=1S/C16H19FN4O2S/c1-3-4-5-6-14(22)12-9-11(17)7-8-13(12)19-15(23)20-16-18-10(2)21-24-16/h7-9H,3-6H2,1-2H3,(H2,18,19,20,21,23). The van der Waals surface area contributed by atoms with Crippen molar-refractivity contribution in [3.05, 3.63) is 35.4 Å². The maximum atomic E-state index is 13.5. The third kappa shape index (κ3) is 5.09. The number of nitrogens with zero attached hydrogens (tertiary/aromatic N) is 2. The van der Waals surface area contributed by atoms with Crippen LogP contribution in [0.25, 0.3) is 0 Å². The summed E-state index contributed by atoms with van der Waals surface area (Å²) in [5.74, 6) is -0.145. The fourth-order valence-electron chi connectivity index (χ4n) is 2.12. The second-order valence-electron chi connectivity index (χ2n) is 5.30. The van der Waals surface area contributed by atoms with Gasteiger partial charge in [0.1, 0.15) is 11.6 Å². The number of benzene rings is 1. The normalized spacial score (nSPS) is 10.5. The molecule has 0 radical (unpaired) electrons. The molecule has 8 heteroatoms. The zero-order valence-corrected chi connectivity index (χ0v) is 14.4. The van der Waals surface area contributed by atoms with Crippen LogP contribution < -0.4 is 10.6 Å². The summed E-state index contributed by atoms with van der Waals surface area (Å²) in [5, 5.41) is 5.45. The minimum Gasteiger partial charge on any atom is -0.307 e. The van der Waals surface area contributed by atoms with E-state index in [4.69, 9.17) is 0 Å².